The minimum Gasteiger partial charge on any atom is -0.332 e. The van der Waals surface area contributed by atoms with Gasteiger partial charge < -0.3 is 9.88 Å². The van der Waals surface area contributed by atoms with Crippen LogP contribution in [-0.4, -0.2) is 20.0 Å². The lowest BCUT2D eigenvalue weighted by atomic mass is 10.1. The molecule has 1 saturated carbocycles. The molecule has 2 heterocycles. The molecule has 150 valence electrons. The van der Waals surface area contributed by atoms with Gasteiger partial charge in [0, 0.05) is 23.5 Å². The Morgan fingerprint density at radius 2 is 1.93 bits per heavy atom. The van der Waals surface area contributed by atoms with Gasteiger partial charge in [-0.2, -0.15) is 0 Å². The Balaban J connectivity index is 1.57. The van der Waals surface area contributed by atoms with Gasteiger partial charge in [-0.05, 0) is 43.0 Å². The SMILES string of the molecule is Cc1cccc(NC(=O)Cn2cc(-c3ccccc3)c3ncn(C4CC4)c(=O)c32)c1. The minimum atomic E-state index is -0.182. The van der Waals surface area contributed by atoms with Crippen LogP contribution in [0, 0.1) is 6.92 Å². The van der Waals surface area contributed by atoms with Gasteiger partial charge in [0.05, 0.1) is 6.33 Å². The first-order valence-corrected chi connectivity index (χ1v) is 10.1. The summed E-state index contributed by atoms with van der Waals surface area (Å²) in [6.45, 7) is 2.02. The lowest BCUT2D eigenvalue weighted by Gasteiger charge is -2.09. The molecule has 5 rings (SSSR count). The van der Waals surface area contributed by atoms with Crippen LogP contribution in [0.15, 0.2) is 71.9 Å². The minimum absolute atomic E-state index is 0.0445. The van der Waals surface area contributed by atoms with Gasteiger partial charge in [0.2, 0.25) is 5.91 Å². The maximum Gasteiger partial charge on any atom is 0.278 e. The van der Waals surface area contributed by atoms with E-state index in [0.29, 0.717) is 11.0 Å². The highest BCUT2D eigenvalue weighted by atomic mass is 16.2. The average molecular weight is 398 g/mol. The van der Waals surface area contributed by atoms with Gasteiger partial charge in [-0.3, -0.25) is 14.2 Å². The summed E-state index contributed by atoms with van der Waals surface area (Å²) in [5.41, 5.74) is 4.66. The van der Waals surface area contributed by atoms with E-state index in [1.165, 1.54) is 0 Å². The van der Waals surface area contributed by atoms with E-state index < -0.39 is 0 Å². The molecule has 0 unspecified atom stereocenters. The third kappa shape index (κ3) is 3.41. The van der Waals surface area contributed by atoms with Crippen molar-refractivity contribution in [2.75, 3.05) is 5.32 Å². The lowest BCUT2D eigenvalue weighted by Crippen LogP contribution is -2.24. The predicted molar refractivity (Wildman–Crippen MR) is 118 cm³/mol. The number of nitrogens with one attached hydrogen (secondary N) is 1. The van der Waals surface area contributed by atoms with Crippen molar-refractivity contribution in [3.63, 3.8) is 0 Å². The fraction of sp³-hybridized carbons (Fsp3) is 0.208. The zero-order valence-electron chi connectivity index (χ0n) is 16.7. The number of anilines is 1. The molecule has 0 saturated heterocycles. The van der Waals surface area contributed by atoms with Crippen molar-refractivity contribution in [3.8, 4) is 11.1 Å². The van der Waals surface area contributed by atoms with Crippen molar-refractivity contribution in [2.24, 2.45) is 0 Å². The standard InChI is InChI=1S/C24H22N4O2/c1-16-6-5-9-18(12-16)26-21(29)14-27-13-20(17-7-3-2-4-8-17)22-23(27)24(30)28(15-25-22)19-10-11-19/h2-9,12-13,15,19H,10-11,14H2,1H3,(H,26,29). The van der Waals surface area contributed by atoms with Gasteiger partial charge in [-0.15, -0.1) is 0 Å². The van der Waals surface area contributed by atoms with E-state index in [2.05, 4.69) is 10.3 Å². The van der Waals surface area contributed by atoms with Gasteiger partial charge in [-0.1, -0.05) is 42.5 Å². The molecule has 1 fully saturated rings. The molecule has 2 aromatic heterocycles. The Kier molecular flexibility index (Phi) is 4.47. The molecular formula is C24H22N4O2. The molecule has 0 bridgehead atoms. The third-order valence-electron chi connectivity index (χ3n) is 5.44. The van der Waals surface area contributed by atoms with Crippen LogP contribution >= 0.6 is 0 Å². The van der Waals surface area contributed by atoms with Crippen molar-refractivity contribution in [3.05, 3.63) is 83.0 Å². The van der Waals surface area contributed by atoms with Gasteiger partial charge in [0.15, 0.2) is 0 Å². The molecule has 30 heavy (non-hydrogen) atoms. The second-order valence-electron chi connectivity index (χ2n) is 7.84. The van der Waals surface area contributed by atoms with Crippen molar-refractivity contribution in [1.82, 2.24) is 14.1 Å². The molecule has 0 atom stereocenters. The molecule has 0 radical (unpaired) electrons. The number of carbonyl (C=O) groups is 1. The second-order valence-corrected chi connectivity index (χ2v) is 7.84. The van der Waals surface area contributed by atoms with Crippen molar-refractivity contribution >= 4 is 22.6 Å². The summed E-state index contributed by atoms with van der Waals surface area (Å²) < 4.78 is 3.43. The molecule has 0 aliphatic heterocycles. The number of rotatable bonds is 5. The van der Waals surface area contributed by atoms with Crippen LogP contribution in [0.5, 0.6) is 0 Å². The Hall–Kier alpha value is -3.67. The second kappa shape index (κ2) is 7.30. The topological polar surface area (TPSA) is 68.9 Å². The normalized spacial score (nSPS) is 13.5. The Morgan fingerprint density at radius 1 is 1.13 bits per heavy atom. The number of amides is 1. The highest BCUT2D eigenvalue weighted by Crippen LogP contribution is 2.34. The Labute approximate surface area is 173 Å². The van der Waals surface area contributed by atoms with Crippen molar-refractivity contribution in [1.29, 1.82) is 0 Å². The highest BCUT2D eigenvalue weighted by Gasteiger charge is 2.27. The first-order valence-electron chi connectivity index (χ1n) is 10.1. The zero-order chi connectivity index (χ0) is 20.7. The first-order chi connectivity index (χ1) is 14.6. The van der Waals surface area contributed by atoms with E-state index >= 15 is 0 Å². The van der Waals surface area contributed by atoms with E-state index in [-0.39, 0.29) is 24.1 Å². The number of carbonyl (C=O) groups excluding carboxylic acids is 1. The summed E-state index contributed by atoms with van der Waals surface area (Å²) in [4.78, 5) is 30.6. The molecule has 1 aliphatic rings. The first kappa shape index (κ1) is 18.4. The van der Waals surface area contributed by atoms with E-state index in [9.17, 15) is 9.59 Å². The molecule has 1 N–H and O–H groups in total. The van der Waals surface area contributed by atoms with E-state index in [0.717, 1.165) is 35.2 Å². The van der Waals surface area contributed by atoms with Crippen LogP contribution in [0.2, 0.25) is 0 Å². The zero-order valence-corrected chi connectivity index (χ0v) is 16.7. The summed E-state index contributed by atoms with van der Waals surface area (Å²) >= 11 is 0. The number of benzene rings is 2. The number of fused-ring (bicyclic) bond motifs is 1. The smallest absolute Gasteiger partial charge is 0.278 e. The number of hydrogen-bond donors (Lipinski definition) is 1. The molecule has 6 nitrogen and oxygen atoms in total. The number of nitrogens with zero attached hydrogens (tertiary/aromatic N) is 3. The Morgan fingerprint density at radius 3 is 2.67 bits per heavy atom. The quantitative estimate of drug-likeness (QED) is 0.549. The largest absolute Gasteiger partial charge is 0.332 e. The van der Waals surface area contributed by atoms with E-state index in [1.807, 2.05) is 67.7 Å². The van der Waals surface area contributed by atoms with E-state index in [1.54, 1.807) is 15.5 Å². The molecular weight excluding hydrogens is 376 g/mol. The summed E-state index contributed by atoms with van der Waals surface area (Å²) in [5.74, 6) is -0.182. The van der Waals surface area contributed by atoms with Gasteiger partial charge in [0.1, 0.15) is 17.6 Å². The van der Waals surface area contributed by atoms with Gasteiger partial charge >= 0.3 is 0 Å². The lowest BCUT2D eigenvalue weighted by molar-refractivity contribution is -0.116. The van der Waals surface area contributed by atoms with Gasteiger partial charge in [0.25, 0.3) is 5.56 Å². The third-order valence-corrected chi connectivity index (χ3v) is 5.44. The van der Waals surface area contributed by atoms with Gasteiger partial charge in [-0.25, -0.2) is 4.98 Å². The van der Waals surface area contributed by atoms with Crippen LogP contribution in [-0.2, 0) is 11.3 Å². The maximum atomic E-state index is 13.2. The maximum absolute atomic E-state index is 13.2. The monoisotopic (exact) mass is 398 g/mol. The molecule has 2 aromatic carbocycles. The summed E-state index contributed by atoms with van der Waals surface area (Å²) in [6.07, 6.45) is 5.49. The summed E-state index contributed by atoms with van der Waals surface area (Å²) in [6, 6.07) is 17.7. The van der Waals surface area contributed by atoms with Crippen LogP contribution in [0.4, 0.5) is 5.69 Å². The summed E-state index contributed by atoms with van der Waals surface area (Å²) in [7, 11) is 0. The molecule has 1 aliphatic carbocycles. The fourth-order valence-corrected chi connectivity index (χ4v) is 3.84. The fourth-order valence-electron chi connectivity index (χ4n) is 3.84. The van der Waals surface area contributed by atoms with E-state index in [4.69, 9.17) is 0 Å². The number of hydrogen-bond acceptors (Lipinski definition) is 3. The van der Waals surface area contributed by atoms with Crippen LogP contribution in [0.3, 0.4) is 0 Å². The average Bonchev–Trinajstić information content (AvgIpc) is 3.51. The van der Waals surface area contributed by atoms with Crippen LogP contribution < -0.4 is 10.9 Å². The molecule has 0 spiro atoms. The Bertz CT molecular complexity index is 1300. The number of aromatic nitrogens is 3. The van der Waals surface area contributed by atoms with Crippen LogP contribution in [0.25, 0.3) is 22.2 Å². The summed E-state index contributed by atoms with van der Waals surface area (Å²) in [5, 5.41) is 2.93. The predicted octanol–water partition coefficient (Wildman–Crippen LogP) is 4.15. The number of aryl methyl sites for hydroxylation is 1. The molecule has 6 heteroatoms. The van der Waals surface area contributed by atoms with Crippen molar-refractivity contribution < 1.29 is 4.79 Å². The van der Waals surface area contributed by atoms with Crippen molar-refractivity contribution in [2.45, 2.75) is 32.4 Å². The van der Waals surface area contributed by atoms with Crippen LogP contribution in [0.1, 0.15) is 24.4 Å². The highest BCUT2D eigenvalue weighted by molar-refractivity contribution is 5.95. The molecule has 4 aromatic rings. The molecule has 1 amide bonds.